The normalized spacial score (nSPS) is 13.6. The minimum atomic E-state index is -5.53. The quantitative estimate of drug-likeness (QED) is 0.272. The number of halogens is 3. The van der Waals surface area contributed by atoms with Crippen LogP contribution in [0.15, 0.2) is 11.8 Å². The van der Waals surface area contributed by atoms with Crippen molar-refractivity contribution >= 4 is 10.1 Å². The molecule has 0 aromatic rings. The summed E-state index contributed by atoms with van der Waals surface area (Å²) in [5.41, 5.74) is -5.37. The standard InChI is InChI=1S/C12H21F3O3S/c1-3-5-6-7-8-10-11(9-4-2)18-19(16,17)12(13,14)15/h10H,3-9H2,1-2H3/b11-10-. The molecule has 0 rings (SSSR count). The van der Waals surface area contributed by atoms with E-state index in [0.717, 1.165) is 25.7 Å². The van der Waals surface area contributed by atoms with Gasteiger partial charge >= 0.3 is 15.6 Å². The second-order valence-corrected chi connectivity index (χ2v) is 5.79. The summed E-state index contributed by atoms with van der Waals surface area (Å²) in [6.45, 7) is 3.80. The molecule has 0 bridgehead atoms. The van der Waals surface area contributed by atoms with Gasteiger partial charge in [0.2, 0.25) is 0 Å². The number of alkyl halides is 3. The van der Waals surface area contributed by atoms with Gasteiger partial charge in [-0.3, -0.25) is 0 Å². The molecule has 0 saturated heterocycles. The summed E-state index contributed by atoms with van der Waals surface area (Å²) in [4.78, 5) is 0. The SMILES string of the molecule is CCCCCC/C=C(/CCC)OS(=O)(=O)C(F)(F)F. The number of hydrogen-bond donors (Lipinski definition) is 0. The Labute approximate surface area is 113 Å². The Morgan fingerprint density at radius 2 is 1.74 bits per heavy atom. The molecule has 0 spiro atoms. The highest BCUT2D eigenvalue weighted by atomic mass is 32.2. The van der Waals surface area contributed by atoms with E-state index in [1.807, 2.05) is 0 Å². The van der Waals surface area contributed by atoms with Crippen LogP contribution < -0.4 is 0 Å². The highest BCUT2D eigenvalue weighted by Crippen LogP contribution is 2.27. The van der Waals surface area contributed by atoms with Gasteiger partial charge in [0.25, 0.3) is 0 Å². The second kappa shape index (κ2) is 8.45. The summed E-state index contributed by atoms with van der Waals surface area (Å²) in [7, 11) is -5.53. The molecule has 7 heteroatoms. The molecule has 114 valence electrons. The number of rotatable bonds is 9. The summed E-state index contributed by atoms with van der Waals surface area (Å²) < 4.78 is 62.5. The molecule has 0 aliphatic rings. The Kier molecular flexibility index (Phi) is 8.13. The third-order valence-electron chi connectivity index (χ3n) is 2.43. The van der Waals surface area contributed by atoms with Crippen LogP contribution in [0.3, 0.4) is 0 Å². The van der Waals surface area contributed by atoms with Gasteiger partial charge in [0.15, 0.2) is 0 Å². The van der Waals surface area contributed by atoms with Crippen LogP contribution in [0.4, 0.5) is 13.2 Å². The van der Waals surface area contributed by atoms with Crippen molar-refractivity contribution < 1.29 is 25.8 Å². The summed E-state index contributed by atoms with van der Waals surface area (Å²) >= 11 is 0. The van der Waals surface area contributed by atoms with Crippen molar-refractivity contribution in [3.8, 4) is 0 Å². The van der Waals surface area contributed by atoms with Crippen LogP contribution in [0.25, 0.3) is 0 Å². The molecular weight excluding hydrogens is 281 g/mol. The Morgan fingerprint density at radius 1 is 1.11 bits per heavy atom. The summed E-state index contributed by atoms with van der Waals surface area (Å²) in [5, 5.41) is 0. The van der Waals surface area contributed by atoms with Gasteiger partial charge in [-0.05, 0) is 25.3 Å². The van der Waals surface area contributed by atoms with Crippen LogP contribution in [0.5, 0.6) is 0 Å². The summed E-state index contributed by atoms with van der Waals surface area (Å²) in [6.07, 6.45) is 6.58. The van der Waals surface area contributed by atoms with Crippen molar-refractivity contribution in [2.75, 3.05) is 0 Å². The molecule has 0 unspecified atom stereocenters. The smallest absolute Gasteiger partial charge is 0.381 e. The molecule has 0 aliphatic heterocycles. The highest BCUT2D eigenvalue weighted by Gasteiger charge is 2.48. The lowest BCUT2D eigenvalue weighted by Gasteiger charge is -2.12. The largest absolute Gasteiger partial charge is 0.534 e. The lowest BCUT2D eigenvalue weighted by Crippen LogP contribution is -2.25. The summed E-state index contributed by atoms with van der Waals surface area (Å²) in [6, 6.07) is 0. The molecule has 0 aliphatic carbocycles. The van der Waals surface area contributed by atoms with E-state index in [9.17, 15) is 21.6 Å². The Balaban J connectivity index is 4.53. The van der Waals surface area contributed by atoms with E-state index in [4.69, 9.17) is 0 Å². The highest BCUT2D eigenvalue weighted by molar-refractivity contribution is 7.87. The molecule has 3 nitrogen and oxygen atoms in total. The van der Waals surface area contributed by atoms with Crippen LogP contribution in [0.2, 0.25) is 0 Å². The van der Waals surface area contributed by atoms with Crippen molar-refractivity contribution in [3.05, 3.63) is 11.8 Å². The molecule has 0 aromatic carbocycles. The predicted octanol–water partition coefficient (Wildman–Crippen LogP) is 4.51. The molecule has 0 radical (unpaired) electrons. The lowest BCUT2D eigenvalue weighted by atomic mass is 10.1. The van der Waals surface area contributed by atoms with Gasteiger partial charge in [0.05, 0.1) is 0 Å². The van der Waals surface area contributed by atoms with Crippen molar-refractivity contribution in [1.29, 1.82) is 0 Å². The average Bonchev–Trinajstić information content (AvgIpc) is 2.27. The summed E-state index contributed by atoms with van der Waals surface area (Å²) in [5.74, 6) is -0.115. The average molecular weight is 302 g/mol. The first-order valence-electron chi connectivity index (χ1n) is 6.44. The van der Waals surface area contributed by atoms with Crippen LogP contribution in [-0.4, -0.2) is 13.9 Å². The van der Waals surface area contributed by atoms with E-state index in [-0.39, 0.29) is 12.2 Å². The minimum absolute atomic E-state index is 0.115. The van der Waals surface area contributed by atoms with Gasteiger partial charge in [0, 0.05) is 6.42 Å². The zero-order valence-corrected chi connectivity index (χ0v) is 12.1. The van der Waals surface area contributed by atoms with Crippen molar-refractivity contribution in [2.24, 2.45) is 0 Å². The van der Waals surface area contributed by atoms with E-state index in [0.29, 0.717) is 12.8 Å². The lowest BCUT2D eigenvalue weighted by molar-refractivity contribution is -0.0523. The third-order valence-corrected chi connectivity index (χ3v) is 3.43. The fourth-order valence-corrected chi connectivity index (χ4v) is 1.97. The van der Waals surface area contributed by atoms with E-state index < -0.39 is 15.6 Å². The molecule has 0 atom stereocenters. The maximum Gasteiger partial charge on any atom is 0.534 e. The van der Waals surface area contributed by atoms with Crippen molar-refractivity contribution in [2.45, 2.75) is 64.3 Å². The maximum absolute atomic E-state index is 12.2. The van der Waals surface area contributed by atoms with Gasteiger partial charge in [-0.25, -0.2) is 0 Å². The Bertz CT molecular complexity index is 372. The van der Waals surface area contributed by atoms with Gasteiger partial charge < -0.3 is 4.18 Å². The fraction of sp³-hybridized carbons (Fsp3) is 0.833. The number of hydrogen-bond acceptors (Lipinski definition) is 3. The fourth-order valence-electron chi connectivity index (χ4n) is 1.45. The van der Waals surface area contributed by atoms with Gasteiger partial charge in [0.1, 0.15) is 5.76 Å². The number of allylic oxidation sites excluding steroid dienone is 2. The molecule has 0 saturated carbocycles. The van der Waals surface area contributed by atoms with Crippen LogP contribution >= 0.6 is 0 Å². The van der Waals surface area contributed by atoms with Crippen molar-refractivity contribution in [1.82, 2.24) is 0 Å². The molecule has 0 aromatic heterocycles. The van der Waals surface area contributed by atoms with Crippen LogP contribution in [-0.2, 0) is 14.3 Å². The maximum atomic E-state index is 12.2. The molecule has 0 fully saturated rings. The first kappa shape index (κ1) is 18.3. The minimum Gasteiger partial charge on any atom is -0.381 e. The molecule has 0 amide bonds. The van der Waals surface area contributed by atoms with Gasteiger partial charge in [-0.15, -0.1) is 0 Å². The van der Waals surface area contributed by atoms with Crippen molar-refractivity contribution in [3.63, 3.8) is 0 Å². The molecule has 0 heterocycles. The monoisotopic (exact) mass is 302 g/mol. The Morgan fingerprint density at radius 3 is 2.21 bits per heavy atom. The van der Waals surface area contributed by atoms with Crippen LogP contribution in [0, 0.1) is 0 Å². The van der Waals surface area contributed by atoms with Gasteiger partial charge in [-0.1, -0.05) is 33.1 Å². The van der Waals surface area contributed by atoms with E-state index >= 15 is 0 Å². The second-order valence-electron chi connectivity index (χ2n) is 4.25. The zero-order valence-electron chi connectivity index (χ0n) is 11.3. The number of unbranched alkanes of at least 4 members (excludes halogenated alkanes) is 4. The first-order valence-corrected chi connectivity index (χ1v) is 7.85. The van der Waals surface area contributed by atoms with E-state index in [1.54, 1.807) is 6.92 Å². The van der Waals surface area contributed by atoms with Crippen LogP contribution in [0.1, 0.15) is 58.8 Å². The molecular formula is C12H21F3O3S. The topological polar surface area (TPSA) is 43.4 Å². The molecule has 0 N–H and O–H groups in total. The van der Waals surface area contributed by atoms with E-state index in [1.165, 1.54) is 6.08 Å². The van der Waals surface area contributed by atoms with Gasteiger partial charge in [-0.2, -0.15) is 21.6 Å². The zero-order chi connectivity index (χ0) is 14.9. The third kappa shape index (κ3) is 7.44. The first-order chi connectivity index (χ1) is 8.74. The predicted molar refractivity (Wildman–Crippen MR) is 67.8 cm³/mol. The molecule has 19 heavy (non-hydrogen) atoms. The van der Waals surface area contributed by atoms with E-state index in [2.05, 4.69) is 11.1 Å². The Hall–Kier alpha value is -0.720.